The van der Waals surface area contributed by atoms with Crippen LogP contribution in [0, 0.1) is 5.53 Å². The molecule has 0 spiro atoms. The first-order valence-electron chi connectivity index (χ1n) is 17.4. The van der Waals surface area contributed by atoms with E-state index in [1.165, 1.54) is 0 Å². The van der Waals surface area contributed by atoms with Crippen LogP contribution in [0.4, 0.5) is 0 Å². The molecule has 0 aliphatic heterocycles. The minimum Gasteiger partial charge on any atom is -0.497 e. The maximum absolute atomic E-state index is 7.98. The molecule has 1 heterocycles. The van der Waals surface area contributed by atoms with Crippen molar-refractivity contribution in [1.82, 2.24) is 14.7 Å². The van der Waals surface area contributed by atoms with E-state index in [0.717, 1.165) is 44.9 Å². The second-order valence-electron chi connectivity index (χ2n) is 12.5. The lowest BCUT2D eigenvalue weighted by Gasteiger charge is -2.37. The fourth-order valence-corrected chi connectivity index (χ4v) is 6.44. The van der Waals surface area contributed by atoms with Gasteiger partial charge in [-0.25, -0.2) is 0 Å². The normalized spacial score (nSPS) is 13.0. The molecule has 0 saturated carbocycles. The van der Waals surface area contributed by atoms with Crippen LogP contribution in [0.3, 0.4) is 0 Å². The summed E-state index contributed by atoms with van der Waals surface area (Å²) in [6.07, 6.45) is 2.22. The minimum absolute atomic E-state index is 0.0248. The second-order valence-corrected chi connectivity index (χ2v) is 12.5. The molecule has 270 valence electrons. The number of rotatable bonds is 18. The van der Waals surface area contributed by atoms with Gasteiger partial charge in [0, 0.05) is 18.8 Å². The quantitative estimate of drug-likeness (QED) is 0.0547. The SMILES string of the molecule is COc1ccc(CO[C@@H]([C@H](COC(c2ccccc2)(c2ccccc2)c2ccccc2)N=[N+]=N)[C@H](OCc2ccc(OC)cc2)c2cnn(C)c2)cc1. The van der Waals surface area contributed by atoms with E-state index < -0.39 is 23.9 Å². The van der Waals surface area contributed by atoms with Crippen LogP contribution in [0.1, 0.15) is 39.5 Å². The molecule has 53 heavy (non-hydrogen) atoms. The third-order valence-electron chi connectivity index (χ3n) is 9.14. The van der Waals surface area contributed by atoms with Gasteiger partial charge >= 0.3 is 0 Å². The molecule has 0 aliphatic rings. The third-order valence-corrected chi connectivity index (χ3v) is 9.14. The number of aromatic nitrogens is 2. The number of nitrogens with zero attached hydrogens (tertiary/aromatic N) is 4. The van der Waals surface area contributed by atoms with E-state index in [9.17, 15) is 0 Å². The van der Waals surface area contributed by atoms with Crippen molar-refractivity contribution in [1.29, 1.82) is 5.53 Å². The number of ether oxygens (including phenoxy) is 5. The Labute approximate surface area is 310 Å². The molecule has 0 amide bonds. The smallest absolute Gasteiger partial charge is 0.214 e. The first-order chi connectivity index (χ1) is 26.0. The lowest BCUT2D eigenvalue weighted by atomic mass is 9.80. The van der Waals surface area contributed by atoms with Gasteiger partial charge in [0.1, 0.15) is 40.0 Å². The number of methoxy groups -OCH3 is 2. The Bertz CT molecular complexity index is 1940. The standard InChI is InChI=1S/C43H44N5O5/c1-48-28-34(27-45-48)41(51-29-32-19-23-38(49-2)24-20-32)42(52-30-33-21-25-39(50-3)26-22-33)40(46-47-44)31-53-43(35-13-7-4-8-14-35,36-15-9-5-10-16-36)37-17-11-6-12-18-37/h4-28,40-42,44H,29-31H2,1-3H3/q+1/t40-,41+,42-/m0/s1. The summed E-state index contributed by atoms with van der Waals surface area (Å²) in [5.41, 5.74) is 12.4. The van der Waals surface area contributed by atoms with Crippen molar-refractivity contribution in [3.63, 3.8) is 0 Å². The van der Waals surface area contributed by atoms with Crippen molar-refractivity contribution in [2.45, 2.75) is 37.1 Å². The summed E-state index contributed by atoms with van der Waals surface area (Å²) in [7, 11) is 5.13. The van der Waals surface area contributed by atoms with Gasteiger partial charge < -0.3 is 23.7 Å². The summed E-state index contributed by atoms with van der Waals surface area (Å²) in [6, 6.07) is 45.0. The highest BCUT2D eigenvalue weighted by molar-refractivity contribution is 5.47. The molecular weight excluding hydrogens is 667 g/mol. The minimum atomic E-state index is -1.03. The monoisotopic (exact) mass is 710 g/mol. The van der Waals surface area contributed by atoms with Crippen LogP contribution in [0.15, 0.2) is 157 Å². The molecule has 0 saturated heterocycles. The van der Waals surface area contributed by atoms with Crippen LogP contribution < -0.4 is 14.4 Å². The Morgan fingerprint density at radius 2 is 1.15 bits per heavy atom. The van der Waals surface area contributed by atoms with Crippen LogP contribution >= 0.6 is 0 Å². The number of aryl methyl sites for hydroxylation is 1. The van der Waals surface area contributed by atoms with Gasteiger partial charge in [-0.15, -0.1) is 0 Å². The zero-order valence-electron chi connectivity index (χ0n) is 30.1. The topological polar surface area (TPSA) is 114 Å². The van der Waals surface area contributed by atoms with Crippen molar-refractivity contribution in [2.75, 3.05) is 20.8 Å². The highest BCUT2D eigenvalue weighted by atomic mass is 16.5. The van der Waals surface area contributed by atoms with E-state index in [4.69, 9.17) is 29.2 Å². The zero-order chi connectivity index (χ0) is 36.9. The summed E-state index contributed by atoms with van der Waals surface area (Å²) in [4.78, 5) is 3.58. The first kappa shape index (κ1) is 36.9. The van der Waals surface area contributed by atoms with E-state index >= 15 is 0 Å². The number of hydrogen-bond donors (Lipinski definition) is 1. The molecule has 0 fully saturated rings. The number of nitrogens with one attached hydrogen (secondary N) is 1. The molecule has 10 nitrogen and oxygen atoms in total. The van der Waals surface area contributed by atoms with Crippen LogP contribution in [0.25, 0.3) is 0 Å². The Balaban J connectivity index is 1.42. The van der Waals surface area contributed by atoms with E-state index in [1.54, 1.807) is 25.1 Å². The summed E-state index contributed by atoms with van der Waals surface area (Å²) in [5.74, 6) is 1.50. The van der Waals surface area contributed by atoms with E-state index in [1.807, 2.05) is 116 Å². The predicted octanol–water partition coefficient (Wildman–Crippen LogP) is 8.21. The van der Waals surface area contributed by atoms with Gasteiger partial charge in [-0.1, -0.05) is 115 Å². The largest absolute Gasteiger partial charge is 0.497 e. The molecule has 1 N–H and O–H groups in total. The highest BCUT2D eigenvalue weighted by Gasteiger charge is 2.42. The average molecular weight is 711 g/mol. The van der Waals surface area contributed by atoms with Crippen molar-refractivity contribution in [3.8, 4) is 11.5 Å². The summed E-state index contributed by atoms with van der Waals surface area (Å²) in [5, 5.41) is 8.95. The zero-order valence-corrected chi connectivity index (χ0v) is 30.1. The van der Waals surface area contributed by atoms with Crippen LogP contribution in [-0.4, -0.2) is 42.8 Å². The third kappa shape index (κ3) is 8.95. The molecule has 0 unspecified atom stereocenters. The van der Waals surface area contributed by atoms with Gasteiger partial charge in [0.2, 0.25) is 4.91 Å². The van der Waals surface area contributed by atoms with E-state index in [-0.39, 0.29) is 19.8 Å². The molecule has 6 rings (SSSR count). The number of hydrogen-bond acceptors (Lipinski definition) is 8. The molecule has 0 radical (unpaired) electrons. The number of benzene rings is 5. The van der Waals surface area contributed by atoms with Crippen LogP contribution in [-0.2, 0) is 40.1 Å². The molecule has 6 aromatic rings. The maximum atomic E-state index is 7.98. The molecule has 10 heteroatoms. The van der Waals surface area contributed by atoms with Crippen molar-refractivity contribution in [2.24, 2.45) is 12.2 Å². The van der Waals surface area contributed by atoms with Crippen molar-refractivity contribution < 1.29 is 23.7 Å². The summed E-state index contributed by atoms with van der Waals surface area (Å²) in [6.45, 7) is 0.513. The molecule has 5 aromatic carbocycles. The maximum Gasteiger partial charge on any atom is 0.214 e. The van der Waals surface area contributed by atoms with E-state index in [2.05, 4.69) is 51.5 Å². The Hall–Kier alpha value is -5.90. The van der Waals surface area contributed by atoms with Gasteiger partial charge in [-0.05, 0) is 52.1 Å². The fourth-order valence-electron chi connectivity index (χ4n) is 6.44. The van der Waals surface area contributed by atoms with Crippen LogP contribution in [0.2, 0.25) is 0 Å². The lowest BCUT2D eigenvalue weighted by molar-refractivity contribution is -0.115. The first-order valence-corrected chi connectivity index (χ1v) is 17.4. The molecular formula is C43H44N5O5+. The average Bonchev–Trinajstić information content (AvgIpc) is 3.66. The Morgan fingerprint density at radius 1 is 0.679 bits per heavy atom. The predicted molar refractivity (Wildman–Crippen MR) is 202 cm³/mol. The Kier molecular flexibility index (Phi) is 12.6. The molecule has 0 aliphatic carbocycles. The van der Waals surface area contributed by atoms with Crippen molar-refractivity contribution >= 4 is 0 Å². The van der Waals surface area contributed by atoms with Gasteiger partial charge in [-0.3, -0.25) is 4.68 Å². The van der Waals surface area contributed by atoms with Crippen LogP contribution in [0.5, 0.6) is 11.5 Å². The lowest BCUT2D eigenvalue weighted by Crippen LogP contribution is -2.42. The van der Waals surface area contributed by atoms with Gasteiger partial charge in [0.15, 0.2) is 6.04 Å². The Morgan fingerprint density at radius 3 is 1.57 bits per heavy atom. The summed E-state index contributed by atoms with van der Waals surface area (Å²) >= 11 is 0. The fraction of sp³-hybridized carbons (Fsp3) is 0.233. The van der Waals surface area contributed by atoms with Gasteiger partial charge in [-0.2, -0.15) is 5.10 Å². The highest BCUT2D eigenvalue weighted by Crippen LogP contribution is 2.41. The van der Waals surface area contributed by atoms with Gasteiger partial charge in [0.25, 0.3) is 0 Å². The van der Waals surface area contributed by atoms with Crippen molar-refractivity contribution in [3.05, 3.63) is 185 Å². The molecule has 1 aromatic heterocycles. The summed E-state index contributed by atoms with van der Waals surface area (Å²) < 4.78 is 33.2. The molecule has 3 atom stereocenters. The van der Waals surface area contributed by atoms with Gasteiger partial charge in [0.05, 0.1) is 40.2 Å². The van der Waals surface area contributed by atoms with E-state index in [0.29, 0.717) is 0 Å². The molecule has 0 bridgehead atoms. The second kappa shape index (κ2) is 18.0.